The summed E-state index contributed by atoms with van der Waals surface area (Å²) < 4.78 is 0. The second-order valence-electron chi connectivity index (χ2n) is 5.20. The van der Waals surface area contributed by atoms with Gasteiger partial charge in [-0.15, -0.1) is 0 Å². The highest BCUT2D eigenvalue weighted by molar-refractivity contribution is 5.90. The molecule has 2 rings (SSSR count). The molecular weight excluding hydrogens is 260 g/mol. The summed E-state index contributed by atoms with van der Waals surface area (Å²) in [6, 6.07) is 14.2. The molecule has 0 aromatic heterocycles. The highest BCUT2D eigenvalue weighted by Crippen LogP contribution is 2.18. The van der Waals surface area contributed by atoms with Crippen molar-refractivity contribution in [2.24, 2.45) is 0 Å². The summed E-state index contributed by atoms with van der Waals surface area (Å²) in [4.78, 5) is 11.3. The lowest BCUT2D eigenvalue weighted by Gasteiger charge is -2.12. The van der Waals surface area contributed by atoms with Crippen molar-refractivity contribution in [3.8, 4) is 0 Å². The highest BCUT2D eigenvalue weighted by Gasteiger charge is 2.02. The van der Waals surface area contributed by atoms with Gasteiger partial charge in [0.05, 0.1) is 0 Å². The standard InChI is InChI=1S/C18H22N2O/c1-4-18(21)20-16-10-8-15(9-11-16)19-12-17-13(2)6-5-7-14(17)3/h5-11,19H,4,12H2,1-3H3,(H,20,21). The van der Waals surface area contributed by atoms with E-state index in [1.54, 1.807) is 0 Å². The van der Waals surface area contributed by atoms with E-state index in [0.717, 1.165) is 17.9 Å². The van der Waals surface area contributed by atoms with Crippen LogP contribution in [0.1, 0.15) is 30.0 Å². The maximum Gasteiger partial charge on any atom is 0.224 e. The molecule has 0 bridgehead atoms. The predicted octanol–water partition coefficient (Wildman–Crippen LogP) is 4.26. The van der Waals surface area contributed by atoms with E-state index in [0.29, 0.717) is 6.42 Å². The molecule has 0 aliphatic rings. The molecule has 0 aliphatic carbocycles. The summed E-state index contributed by atoms with van der Waals surface area (Å²) in [5.74, 6) is 0.0336. The summed E-state index contributed by atoms with van der Waals surface area (Å²) in [5, 5.41) is 6.27. The second-order valence-corrected chi connectivity index (χ2v) is 5.20. The van der Waals surface area contributed by atoms with Crippen molar-refractivity contribution >= 4 is 17.3 Å². The predicted molar refractivity (Wildman–Crippen MR) is 88.6 cm³/mol. The second kappa shape index (κ2) is 6.93. The molecule has 0 radical (unpaired) electrons. The number of anilines is 2. The van der Waals surface area contributed by atoms with Crippen LogP contribution < -0.4 is 10.6 Å². The van der Waals surface area contributed by atoms with E-state index in [1.807, 2.05) is 31.2 Å². The average Bonchev–Trinajstić information content (AvgIpc) is 2.48. The first kappa shape index (κ1) is 15.1. The fourth-order valence-electron chi connectivity index (χ4n) is 2.24. The van der Waals surface area contributed by atoms with Gasteiger partial charge in [-0.25, -0.2) is 0 Å². The molecule has 110 valence electrons. The average molecular weight is 282 g/mol. The topological polar surface area (TPSA) is 41.1 Å². The Hall–Kier alpha value is -2.29. The number of hydrogen-bond acceptors (Lipinski definition) is 2. The molecule has 21 heavy (non-hydrogen) atoms. The number of benzene rings is 2. The maximum atomic E-state index is 11.3. The zero-order chi connectivity index (χ0) is 15.2. The van der Waals surface area contributed by atoms with Crippen molar-refractivity contribution in [1.29, 1.82) is 0 Å². The normalized spacial score (nSPS) is 10.2. The van der Waals surface area contributed by atoms with E-state index in [1.165, 1.54) is 16.7 Å². The minimum absolute atomic E-state index is 0.0336. The lowest BCUT2D eigenvalue weighted by Crippen LogP contribution is -2.09. The molecule has 0 atom stereocenters. The number of hydrogen-bond donors (Lipinski definition) is 2. The Balaban J connectivity index is 1.99. The van der Waals surface area contributed by atoms with Crippen LogP contribution in [0.25, 0.3) is 0 Å². The van der Waals surface area contributed by atoms with Crippen LogP contribution in [0.15, 0.2) is 42.5 Å². The number of amides is 1. The number of carbonyl (C=O) groups is 1. The highest BCUT2D eigenvalue weighted by atomic mass is 16.1. The molecule has 0 aliphatic heterocycles. The third kappa shape index (κ3) is 4.09. The van der Waals surface area contributed by atoms with Gasteiger partial charge < -0.3 is 10.6 Å². The fourth-order valence-corrected chi connectivity index (χ4v) is 2.24. The van der Waals surface area contributed by atoms with Crippen molar-refractivity contribution in [2.45, 2.75) is 33.7 Å². The van der Waals surface area contributed by atoms with Crippen molar-refractivity contribution < 1.29 is 4.79 Å². The minimum atomic E-state index is 0.0336. The van der Waals surface area contributed by atoms with Gasteiger partial charge in [0.1, 0.15) is 0 Å². The van der Waals surface area contributed by atoms with Crippen molar-refractivity contribution in [3.05, 3.63) is 59.2 Å². The van der Waals surface area contributed by atoms with Gasteiger partial charge in [-0.1, -0.05) is 25.1 Å². The molecule has 0 heterocycles. The summed E-state index contributed by atoms with van der Waals surface area (Å²) in [7, 11) is 0. The van der Waals surface area contributed by atoms with Crippen LogP contribution in [0.4, 0.5) is 11.4 Å². The van der Waals surface area contributed by atoms with E-state index in [4.69, 9.17) is 0 Å². The zero-order valence-electron chi connectivity index (χ0n) is 12.9. The molecule has 0 unspecified atom stereocenters. The first-order chi connectivity index (χ1) is 10.1. The number of rotatable bonds is 5. The van der Waals surface area contributed by atoms with Gasteiger partial charge in [-0.3, -0.25) is 4.79 Å². The molecule has 3 heteroatoms. The first-order valence-electron chi connectivity index (χ1n) is 7.29. The van der Waals surface area contributed by atoms with Crippen molar-refractivity contribution in [1.82, 2.24) is 0 Å². The quantitative estimate of drug-likeness (QED) is 0.860. The molecule has 0 spiro atoms. The van der Waals surface area contributed by atoms with Crippen LogP contribution in [0, 0.1) is 13.8 Å². The smallest absolute Gasteiger partial charge is 0.224 e. The number of nitrogens with one attached hydrogen (secondary N) is 2. The third-order valence-electron chi connectivity index (χ3n) is 3.60. The van der Waals surface area contributed by atoms with Crippen LogP contribution in [0.5, 0.6) is 0 Å². The number of aryl methyl sites for hydroxylation is 2. The molecular formula is C18H22N2O. The van der Waals surface area contributed by atoms with E-state index in [9.17, 15) is 4.79 Å². The summed E-state index contributed by atoms with van der Waals surface area (Å²) in [6.45, 7) is 6.91. The Kier molecular flexibility index (Phi) is 4.99. The molecule has 3 nitrogen and oxygen atoms in total. The Bertz CT molecular complexity index is 597. The lowest BCUT2D eigenvalue weighted by atomic mass is 10.0. The van der Waals surface area contributed by atoms with Gasteiger partial charge in [0, 0.05) is 24.3 Å². The van der Waals surface area contributed by atoms with Crippen LogP contribution in [0.2, 0.25) is 0 Å². The van der Waals surface area contributed by atoms with Gasteiger partial charge >= 0.3 is 0 Å². The molecule has 2 aromatic carbocycles. The Labute approximate surface area is 126 Å². The minimum Gasteiger partial charge on any atom is -0.381 e. The Morgan fingerprint density at radius 1 is 0.952 bits per heavy atom. The first-order valence-corrected chi connectivity index (χ1v) is 7.29. The molecule has 0 saturated carbocycles. The SMILES string of the molecule is CCC(=O)Nc1ccc(NCc2c(C)cccc2C)cc1. The van der Waals surface area contributed by atoms with E-state index in [-0.39, 0.29) is 5.91 Å². The van der Waals surface area contributed by atoms with Crippen LogP contribution in [-0.4, -0.2) is 5.91 Å². The molecule has 2 aromatic rings. The van der Waals surface area contributed by atoms with Crippen molar-refractivity contribution in [2.75, 3.05) is 10.6 Å². The maximum absolute atomic E-state index is 11.3. The van der Waals surface area contributed by atoms with E-state index >= 15 is 0 Å². The van der Waals surface area contributed by atoms with E-state index < -0.39 is 0 Å². The lowest BCUT2D eigenvalue weighted by molar-refractivity contribution is -0.115. The van der Waals surface area contributed by atoms with Crippen LogP contribution in [-0.2, 0) is 11.3 Å². The summed E-state index contributed by atoms with van der Waals surface area (Å²) >= 11 is 0. The summed E-state index contributed by atoms with van der Waals surface area (Å²) in [6.07, 6.45) is 0.493. The zero-order valence-corrected chi connectivity index (χ0v) is 12.9. The molecule has 0 fully saturated rings. The fraction of sp³-hybridized carbons (Fsp3) is 0.278. The van der Waals surface area contributed by atoms with Crippen molar-refractivity contribution in [3.63, 3.8) is 0 Å². The molecule has 1 amide bonds. The monoisotopic (exact) mass is 282 g/mol. The van der Waals surface area contributed by atoms with Crippen LogP contribution in [0.3, 0.4) is 0 Å². The summed E-state index contributed by atoms with van der Waals surface area (Å²) in [5.41, 5.74) is 5.82. The Morgan fingerprint density at radius 2 is 1.52 bits per heavy atom. The molecule has 2 N–H and O–H groups in total. The van der Waals surface area contributed by atoms with Gasteiger partial charge in [-0.05, 0) is 54.8 Å². The van der Waals surface area contributed by atoms with Gasteiger partial charge in [0.25, 0.3) is 0 Å². The molecule has 0 saturated heterocycles. The Morgan fingerprint density at radius 3 is 2.10 bits per heavy atom. The van der Waals surface area contributed by atoms with Gasteiger partial charge in [0.2, 0.25) is 5.91 Å². The largest absolute Gasteiger partial charge is 0.381 e. The van der Waals surface area contributed by atoms with Gasteiger partial charge in [-0.2, -0.15) is 0 Å². The van der Waals surface area contributed by atoms with E-state index in [2.05, 4.69) is 42.7 Å². The van der Waals surface area contributed by atoms with Gasteiger partial charge in [0.15, 0.2) is 0 Å². The number of carbonyl (C=O) groups excluding carboxylic acids is 1. The third-order valence-corrected chi connectivity index (χ3v) is 3.60. The van der Waals surface area contributed by atoms with Crippen LogP contribution >= 0.6 is 0 Å².